The zero-order chi connectivity index (χ0) is 18.2. The molecule has 5 nitrogen and oxygen atoms in total. The van der Waals surface area contributed by atoms with Gasteiger partial charge in [-0.25, -0.2) is 9.97 Å². The molecular formula is C22H28N4O. The Hall–Kier alpha value is -2.01. The Labute approximate surface area is 160 Å². The van der Waals surface area contributed by atoms with Crippen LogP contribution >= 0.6 is 0 Å². The van der Waals surface area contributed by atoms with Gasteiger partial charge in [-0.2, -0.15) is 0 Å². The van der Waals surface area contributed by atoms with E-state index >= 15 is 0 Å². The first-order valence-electron chi connectivity index (χ1n) is 10.5. The predicted molar refractivity (Wildman–Crippen MR) is 106 cm³/mol. The van der Waals surface area contributed by atoms with E-state index in [2.05, 4.69) is 14.9 Å². The van der Waals surface area contributed by atoms with Crippen molar-refractivity contribution in [3.63, 3.8) is 0 Å². The zero-order valence-electron chi connectivity index (χ0n) is 15.9. The van der Waals surface area contributed by atoms with Crippen LogP contribution in [-0.4, -0.2) is 39.1 Å². The second-order valence-electron chi connectivity index (χ2n) is 8.73. The van der Waals surface area contributed by atoms with Crippen LogP contribution in [0.4, 0.5) is 0 Å². The summed E-state index contributed by atoms with van der Waals surface area (Å²) in [5.41, 5.74) is 3.50. The van der Waals surface area contributed by atoms with Gasteiger partial charge in [-0.3, -0.25) is 4.79 Å². The normalized spacial score (nSPS) is 25.9. The molecule has 2 fully saturated rings. The second kappa shape index (κ2) is 7.19. The van der Waals surface area contributed by atoms with Crippen LogP contribution in [0.1, 0.15) is 50.1 Å². The van der Waals surface area contributed by atoms with E-state index in [1.165, 1.54) is 50.8 Å². The lowest BCUT2D eigenvalue weighted by atomic mass is 9.80. The Morgan fingerprint density at radius 3 is 2.63 bits per heavy atom. The lowest BCUT2D eigenvalue weighted by molar-refractivity contribution is 0.0970. The van der Waals surface area contributed by atoms with Crippen LogP contribution in [0.15, 0.2) is 35.6 Å². The Morgan fingerprint density at radius 2 is 1.81 bits per heavy atom. The Morgan fingerprint density at radius 1 is 1.00 bits per heavy atom. The summed E-state index contributed by atoms with van der Waals surface area (Å²) >= 11 is 0. The standard InChI is InChI=1S/C22H28N4O/c27-21-7-6-20(19-9-23-15-24-10-19)22-18-8-17(13-26(21)22)12-25(14-18)11-16-4-2-1-3-5-16/h6-7,9-10,15-18H,1-5,8,11-14H2/t17-,18-/m0/s1. The number of fused-ring (bicyclic) bond motifs is 4. The average molecular weight is 364 g/mol. The van der Waals surface area contributed by atoms with Gasteiger partial charge in [-0.1, -0.05) is 19.3 Å². The van der Waals surface area contributed by atoms with Crippen molar-refractivity contribution in [2.75, 3.05) is 19.6 Å². The Bertz CT molecular complexity index is 856. The van der Waals surface area contributed by atoms with E-state index in [-0.39, 0.29) is 5.56 Å². The van der Waals surface area contributed by atoms with Gasteiger partial charge in [0.2, 0.25) is 0 Å². The lowest BCUT2D eigenvalue weighted by Crippen LogP contribution is -2.48. The third kappa shape index (κ3) is 3.33. The minimum atomic E-state index is 0.140. The first kappa shape index (κ1) is 17.1. The van der Waals surface area contributed by atoms with E-state index in [9.17, 15) is 4.79 Å². The summed E-state index contributed by atoms with van der Waals surface area (Å²) in [6.45, 7) is 4.33. The molecule has 5 rings (SSSR count). The molecule has 2 bridgehead atoms. The number of rotatable bonds is 3. The number of pyridine rings is 1. The maximum atomic E-state index is 12.6. The van der Waals surface area contributed by atoms with Crippen molar-refractivity contribution in [1.82, 2.24) is 19.4 Å². The fourth-order valence-electron chi connectivity index (χ4n) is 5.68. The van der Waals surface area contributed by atoms with E-state index < -0.39 is 0 Å². The molecule has 2 atom stereocenters. The molecule has 27 heavy (non-hydrogen) atoms. The molecule has 5 heteroatoms. The monoisotopic (exact) mass is 364 g/mol. The van der Waals surface area contributed by atoms with Gasteiger partial charge in [-0.05, 0) is 37.2 Å². The van der Waals surface area contributed by atoms with E-state index in [1.807, 2.05) is 23.0 Å². The van der Waals surface area contributed by atoms with Crippen molar-refractivity contribution in [1.29, 1.82) is 0 Å². The number of piperidine rings is 1. The van der Waals surface area contributed by atoms with Crippen LogP contribution in [0.25, 0.3) is 11.1 Å². The largest absolute Gasteiger partial charge is 0.311 e. The average Bonchev–Trinajstić information content (AvgIpc) is 2.70. The van der Waals surface area contributed by atoms with Crippen LogP contribution in [-0.2, 0) is 6.54 Å². The van der Waals surface area contributed by atoms with Crippen molar-refractivity contribution >= 4 is 0 Å². The number of hydrogen-bond donors (Lipinski definition) is 0. The maximum Gasteiger partial charge on any atom is 0.250 e. The number of hydrogen-bond acceptors (Lipinski definition) is 4. The highest BCUT2D eigenvalue weighted by molar-refractivity contribution is 5.65. The van der Waals surface area contributed by atoms with Gasteiger partial charge in [0.1, 0.15) is 6.33 Å². The van der Waals surface area contributed by atoms with Crippen molar-refractivity contribution in [3.8, 4) is 11.1 Å². The quantitative estimate of drug-likeness (QED) is 0.838. The van der Waals surface area contributed by atoms with Gasteiger partial charge in [0.25, 0.3) is 5.56 Å². The summed E-state index contributed by atoms with van der Waals surface area (Å²) in [6, 6.07) is 3.69. The van der Waals surface area contributed by atoms with Gasteiger partial charge in [0.15, 0.2) is 0 Å². The fraction of sp³-hybridized carbons (Fsp3) is 0.591. The summed E-state index contributed by atoms with van der Waals surface area (Å²) in [4.78, 5) is 23.7. The molecule has 1 saturated carbocycles. The summed E-state index contributed by atoms with van der Waals surface area (Å²) in [5.74, 6) is 1.91. The van der Waals surface area contributed by atoms with Gasteiger partial charge >= 0.3 is 0 Å². The topological polar surface area (TPSA) is 51.0 Å². The number of likely N-dealkylation sites (tertiary alicyclic amines) is 1. The zero-order valence-corrected chi connectivity index (χ0v) is 15.9. The van der Waals surface area contributed by atoms with Crippen LogP contribution in [0, 0.1) is 11.8 Å². The maximum absolute atomic E-state index is 12.6. The molecule has 0 spiro atoms. The van der Waals surface area contributed by atoms with Crippen LogP contribution in [0.2, 0.25) is 0 Å². The molecule has 2 aromatic rings. The number of aromatic nitrogens is 3. The van der Waals surface area contributed by atoms with E-state index in [0.717, 1.165) is 36.7 Å². The van der Waals surface area contributed by atoms with Gasteiger partial charge in [-0.15, -0.1) is 0 Å². The molecule has 142 valence electrons. The van der Waals surface area contributed by atoms with Crippen LogP contribution < -0.4 is 5.56 Å². The first-order valence-corrected chi connectivity index (χ1v) is 10.5. The van der Waals surface area contributed by atoms with Crippen molar-refractivity contribution in [2.24, 2.45) is 11.8 Å². The molecule has 4 heterocycles. The molecule has 2 aliphatic heterocycles. The molecular weight excluding hydrogens is 336 g/mol. The van der Waals surface area contributed by atoms with Crippen molar-refractivity contribution in [3.05, 3.63) is 46.9 Å². The molecule has 0 N–H and O–H groups in total. The molecule has 2 aromatic heterocycles. The molecule has 3 aliphatic rings. The highest BCUT2D eigenvalue weighted by atomic mass is 16.1. The minimum Gasteiger partial charge on any atom is -0.311 e. The van der Waals surface area contributed by atoms with Crippen molar-refractivity contribution in [2.45, 2.75) is 51.0 Å². The van der Waals surface area contributed by atoms with E-state index in [0.29, 0.717) is 11.8 Å². The minimum absolute atomic E-state index is 0.140. The molecule has 1 saturated heterocycles. The predicted octanol–water partition coefficient (Wildman–Crippen LogP) is 3.30. The molecule has 0 aromatic carbocycles. The van der Waals surface area contributed by atoms with Gasteiger partial charge < -0.3 is 9.47 Å². The van der Waals surface area contributed by atoms with E-state index in [1.54, 1.807) is 12.4 Å². The molecule has 0 unspecified atom stereocenters. The summed E-state index contributed by atoms with van der Waals surface area (Å²) in [6.07, 6.45) is 13.5. The van der Waals surface area contributed by atoms with Crippen LogP contribution in [0.5, 0.6) is 0 Å². The smallest absolute Gasteiger partial charge is 0.250 e. The Kier molecular flexibility index (Phi) is 4.56. The van der Waals surface area contributed by atoms with Crippen LogP contribution in [0.3, 0.4) is 0 Å². The first-order chi connectivity index (χ1) is 13.3. The molecule has 0 amide bonds. The third-order valence-electron chi connectivity index (χ3n) is 6.78. The molecule has 0 radical (unpaired) electrons. The summed E-state index contributed by atoms with van der Waals surface area (Å²) in [7, 11) is 0. The highest BCUT2D eigenvalue weighted by Gasteiger charge is 2.36. The third-order valence-corrected chi connectivity index (χ3v) is 6.78. The molecule has 1 aliphatic carbocycles. The SMILES string of the molecule is O=c1ccc(-c2cncnc2)c2n1C[C@H]1C[C@H]2CN(CC2CCCCC2)C1. The van der Waals surface area contributed by atoms with E-state index in [4.69, 9.17) is 0 Å². The van der Waals surface area contributed by atoms with Gasteiger partial charge in [0.05, 0.1) is 0 Å². The lowest BCUT2D eigenvalue weighted by Gasteiger charge is -2.44. The summed E-state index contributed by atoms with van der Waals surface area (Å²) < 4.78 is 2.04. The summed E-state index contributed by atoms with van der Waals surface area (Å²) in [5, 5.41) is 0. The highest BCUT2D eigenvalue weighted by Crippen LogP contribution is 2.40. The second-order valence-corrected chi connectivity index (χ2v) is 8.73. The fourth-order valence-corrected chi connectivity index (χ4v) is 5.68. The van der Waals surface area contributed by atoms with Gasteiger partial charge in [0, 0.05) is 67.4 Å². The Balaban J connectivity index is 1.46. The number of nitrogens with zero attached hydrogens (tertiary/aromatic N) is 4. The van der Waals surface area contributed by atoms with Crippen molar-refractivity contribution < 1.29 is 0 Å².